The van der Waals surface area contributed by atoms with Gasteiger partial charge in [-0.15, -0.1) is 0 Å². The number of hydrogen-bond acceptors (Lipinski definition) is 5. The zero-order valence-corrected chi connectivity index (χ0v) is 12.6. The summed E-state index contributed by atoms with van der Waals surface area (Å²) in [6.07, 6.45) is 0.162. The van der Waals surface area contributed by atoms with Gasteiger partial charge in [-0.05, 0) is 12.0 Å². The topological polar surface area (TPSA) is 105 Å². The molecule has 7 heteroatoms. The minimum atomic E-state index is -1.02. The van der Waals surface area contributed by atoms with E-state index in [-0.39, 0.29) is 31.0 Å². The summed E-state index contributed by atoms with van der Waals surface area (Å²) in [6.45, 7) is 0.599. The molecule has 0 bridgehead atoms. The lowest BCUT2D eigenvalue weighted by Gasteiger charge is -2.20. The summed E-state index contributed by atoms with van der Waals surface area (Å²) < 4.78 is 5.91. The molecule has 1 saturated heterocycles. The molecule has 122 valence electrons. The van der Waals surface area contributed by atoms with Crippen LogP contribution < -0.4 is 5.73 Å². The lowest BCUT2D eigenvalue weighted by atomic mass is 10.1. The quantitative estimate of drug-likeness (QED) is 0.837. The summed E-state index contributed by atoms with van der Waals surface area (Å²) in [5.41, 5.74) is 6.40. The normalized spacial score (nSPS) is 26.7. The molecule has 0 saturated carbocycles. The third-order valence-corrected chi connectivity index (χ3v) is 4.28. The number of benzene rings is 1. The van der Waals surface area contributed by atoms with Crippen LogP contribution in [-0.2, 0) is 14.3 Å². The highest BCUT2D eigenvalue weighted by Gasteiger charge is 2.43. The van der Waals surface area contributed by atoms with Gasteiger partial charge in [0.1, 0.15) is 12.1 Å². The minimum absolute atomic E-state index is 0.145. The van der Waals surface area contributed by atoms with Crippen LogP contribution in [-0.4, -0.2) is 53.5 Å². The van der Waals surface area contributed by atoms with Crippen molar-refractivity contribution in [2.75, 3.05) is 19.6 Å². The first-order chi connectivity index (χ1) is 11.1. The van der Waals surface area contributed by atoms with Gasteiger partial charge >= 0.3 is 5.97 Å². The first-order valence-corrected chi connectivity index (χ1v) is 7.58. The highest BCUT2D eigenvalue weighted by Crippen LogP contribution is 2.31. The Morgan fingerprint density at radius 2 is 2.09 bits per heavy atom. The van der Waals surface area contributed by atoms with Crippen molar-refractivity contribution in [2.45, 2.75) is 18.6 Å². The largest absolute Gasteiger partial charge is 0.480 e. The number of nitrogens with zero attached hydrogens (tertiary/aromatic N) is 2. The molecule has 0 spiro atoms. The monoisotopic (exact) mass is 317 g/mol. The van der Waals surface area contributed by atoms with Crippen LogP contribution in [0.2, 0.25) is 0 Å². The lowest BCUT2D eigenvalue weighted by Crippen LogP contribution is -2.43. The van der Waals surface area contributed by atoms with Crippen molar-refractivity contribution in [1.82, 2.24) is 4.90 Å². The molecule has 2 aliphatic heterocycles. The van der Waals surface area contributed by atoms with Gasteiger partial charge in [0.15, 0.2) is 5.90 Å². The first-order valence-electron chi connectivity index (χ1n) is 7.58. The van der Waals surface area contributed by atoms with Crippen LogP contribution in [0.25, 0.3) is 0 Å². The number of aliphatic carboxylic acids is 1. The summed E-state index contributed by atoms with van der Waals surface area (Å²) >= 11 is 0. The third kappa shape index (κ3) is 3.05. The smallest absolute Gasteiger partial charge is 0.326 e. The van der Waals surface area contributed by atoms with Gasteiger partial charge in [-0.2, -0.15) is 0 Å². The summed E-state index contributed by atoms with van der Waals surface area (Å²) in [7, 11) is 0. The van der Waals surface area contributed by atoms with Crippen molar-refractivity contribution in [3.05, 3.63) is 35.9 Å². The fourth-order valence-electron chi connectivity index (χ4n) is 3.10. The van der Waals surface area contributed by atoms with Crippen LogP contribution in [0.1, 0.15) is 18.1 Å². The molecule has 2 aliphatic rings. The van der Waals surface area contributed by atoms with E-state index < -0.39 is 12.0 Å². The molecular weight excluding hydrogens is 298 g/mol. The lowest BCUT2D eigenvalue weighted by molar-refractivity contribution is -0.147. The van der Waals surface area contributed by atoms with Gasteiger partial charge in [0.25, 0.3) is 0 Å². The minimum Gasteiger partial charge on any atom is -0.480 e. The second-order valence-electron chi connectivity index (χ2n) is 5.73. The summed E-state index contributed by atoms with van der Waals surface area (Å²) in [5, 5.41) is 9.30. The Balaban J connectivity index is 1.69. The standard InChI is InChI=1S/C16H19N3O4/c17-7-14(20)19-9-11(6-12(19)16(21)22)15-18-8-13(23-15)10-4-2-1-3-5-10/h1-5,11-13H,6-9,17H2,(H,21,22)/t11-,12+,13?/m1/s1. The maximum atomic E-state index is 11.8. The van der Waals surface area contributed by atoms with E-state index in [9.17, 15) is 14.7 Å². The van der Waals surface area contributed by atoms with Crippen LogP contribution in [0.15, 0.2) is 35.3 Å². The van der Waals surface area contributed by atoms with Crippen LogP contribution >= 0.6 is 0 Å². The van der Waals surface area contributed by atoms with Gasteiger partial charge in [-0.1, -0.05) is 30.3 Å². The van der Waals surface area contributed by atoms with E-state index in [1.54, 1.807) is 0 Å². The average molecular weight is 317 g/mol. The van der Waals surface area contributed by atoms with E-state index in [0.29, 0.717) is 18.9 Å². The maximum Gasteiger partial charge on any atom is 0.326 e. The van der Waals surface area contributed by atoms with E-state index in [0.717, 1.165) is 5.56 Å². The van der Waals surface area contributed by atoms with Crippen molar-refractivity contribution in [1.29, 1.82) is 0 Å². The fraction of sp³-hybridized carbons (Fsp3) is 0.438. The number of carbonyl (C=O) groups is 2. The molecule has 1 unspecified atom stereocenters. The summed E-state index contributed by atoms with van der Waals surface area (Å²) in [6, 6.07) is 8.90. The number of carboxylic acid groups (broad SMARTS) is 1. The predicted octanol–water partition coefficient (Wildman–Crippen LogP) is 0.417. The summed E-state index contributed by atoms with van der Waals surface area (Å²) in [5.74, 6) is -1.04. The zero-order valence-electron chi connectivity index (χ0n) is 12.6. The molecule has 3 atom stereocenters. The number of amides is 1. The highest BCUT2D eigenvalue weighted by molar-refractivity contribution is 5.89. The highest BCUT2D eigenvalue weighted by atomic mass is 16.5. The van der Waals surface area contributed by atoms with E-state index in [1.807, 2.05) is 30.3 Å². The molecule has 2 heterocycles. The van der Waals surface area contributed by atoms with Crippen LogP contribution in [0.5, 0.6) is 0 Å². The average Bonchev–Trinajstić information content (AvgIpc) is 3.21. The number of carbonyl (C=O) groups excluding carboxylic acids is 1. The zero-order chi connectivity index (χ0) is 16.4. The number of aliphatic imine (C=N–C) groups is 1. The van der Waals surface area contributed by atoms with Crippen LogP contribution in [0, 0.1) is 5.92 Å². The van der Waals surface area contributed by atoms with Crippen LogP contribution in [0.4, 0.5) is 0 Å². The van der Waals surface area contributed by atoms with Gasteiger partial charge in [0.2, 0.25) is 5.91 Å². The van der Waals surface area contributed by atoms with Crippen LogP contribution in [0.3, 0.4) is 0 Å². The van der Waals surface area contributed by atoms with Crippen molar-refractivity contribution in [3.8, 4) is 0 Å². The number of hydrogen-bond donors (Lipinski definition) is 2. The number of rotatable bonds is 4. The fourth-order valence-corrected chi connectivity index (χ4v) is 3.10. The molecule has 3 rings (SSSR count). The Morgan fingerprint density at radius 1 is 1.35 bits per heavy atom. The van der Waals surface area contributed by atoms with Gasteiger partial charge < -0.3 is 20.5 Å². The number of likely N-dealkylation sites (tertiary alicyclic amines) is 1. The molecule has 1 amide bonds. The van der Waals surface area contributed by atoms with Crippen molar-refractivity contribution < 1.29 is 19.4 Å². The van der Waals surface area contributed by atoms with Crippen molar-refractivity contribution >= 4 is 17.8 Å². The number of ether oxygens (including phenoxy) is 1. The van der Waals surface area contributed by atoms with E-state index >= 15 is 0 Å². The van der Waals surface area contributed by atoms with Gasteiger partial charge in [0.05, 0.1) is 19.0 Å². The van der Waals surface area contributed by atoms with Crippen molar-refractivity contribution in [2.24, 2.45) is 16.6 Å². The Morgan fingerprint density at radius 3 is 2.74 bits per heavy atom. The molecule has 1 aromatic carbocycles. The second kappa shape index (κ2) is 6.37. The molecule has 1 aromatic rings. The SMILES string of the molecule is NCC(=O)N1C[C@H](C2=NCC(c3ccccc3)O2)C[C@H]1C(=O)O. The molecule has 7 nitrogen and oxygen atoms in total. The van der Waals surface area contributed by atoms with E-state index in [4.69, 9.17) is 10.5 Å². The van der Waals surface area contributed by atoms with E-state index in [1.165, 1.54) is 4.90 Å². The number of carboxylic acids is 1. The molecule has 0 aliphatic carbocycles. The summed E-state index contributed by atoms with van der Waals surface area (Å²) in [4.78, 5) is 28.9. The van der Waals surface area contributed by atoms with Crippen molar-refractivity contribution in [3.63, 3.8) is 0 Å². The Kier molecular flexibility index (Phi) is 4.29. The first kappa shape index (κ1) is 15.5. The van der Waals surface area contributed by atoms with Gasteiger partial charge in [0, 0.05) is 6.54 Å². The molecule has 23 heavy (non-hydrogen) atoms. The molecule has 1 fully saturated rings. The maximum absolute atomic E-state index is 11.8. The Bertz CT molecular complexity index is 631. The predicted molar refractivity (Wildman–Crippen MR) is 82.9 cm³/mol. The van der Waals surface area contributed by atoms with Gasteiger partial charge in [-0.3, -0.25) is 9.79 Å². The Labute approximate surface area is 133 Å². The molecule has 3 N–H and O–H groups in total. The van der Waals surface area contributed by atoms with E-state index in [2.05, 4.69) is 4.99 Å². The third-order valence-electron chi connectivity index (χ3n) is 4.28. The number of nitrogens with two attached hydrogens (primary N) is 1. The molecular formula is C16H19N3O4. The second-order valence-corrected chi connectivity index (χ2v) is 5.73. The molecule has 0 aromatic heterocycles. The molecule has 0 radical (unpaired) electrons. The Hall–Kier alpha value is -2.41. The van der Waals surface area contributed by atoms with Gasteiger partial charge in [-0.25, -0.2) is 4.79 Å².